The van der Waals surface area contributed by atoms with E-state index in [9.17, 15) is 53.5 Å². The molecule has 4 nitrogen and oxygen atoms in total. The van der Waals surface area contributed by atoms with E-state index < -0.39 is 52.5 Å². The predicted molar refractivity (Wildman–Crippen MR) is 258 cm³/mol. The topological polar surface area (TPSA) is 40.6 Å². The van der Waals surface area contributed by atoms with E-state index in [4.69, 9.17) is 23.2 Å². The minimum Gasteiger partial charge on any atom is -0.334 e. The van der Waals surface area contributed by atoms with E-state index in [0.29, 0.717) is 28.8 Å². The van der Waals surface area contributed by atoms with Crippen molar-refractivity contribution >= 4 is 35.0 Å². The Balaban J connectivity index is 0.000000265. The molecule has 0 saturated carbocycles. The number of halogens is 12. The Bertz CT molecular complexity index is 2770. The lowest BCUT2D eigenvalue weighted by Crippen LogP contribution is -2.33. The summed E-state index contributed by atoms with van der Waals surface area (Å²) in [7, 11) is 0. The maximum Gasteiger partial charge on any atom is 0.416 e. The number of carbonyl (C=O) groups excluding carboxylic acids is 2. The summed E-state index contributed by atoms with van der Waals surface area (Å²) in [6, 6.07) is 31.5. The molecule has 0 spiro atoms. The van der Waals surface area contributed by atoms with Crippen molar-refractivity contribution in [2.75, 3.05) is 13.1 Å². The number of amides is 2. The molecule has 2 amide bonds. The van der Waals surface area contributed by atoms with Crippen LogP contribution in [0.3, 0.4) is 0 Å². The SMILES string of the molecule is CC(C)(C)c1ccc(CN(CCc2cccc(C(F)(F)F)c2)C(=O)c2cc(F)cc(C(F)(F)F)c2)cc1.CC(C)(C)c1ccc(CN(CCc2cccc(C(F)(F)F)c2)C(=O)c2cccc(Cl)c2Cl)cc1. The fourth-order valence-electron chi connectivity index (χ4n) is 7.40. The van der Waals surface area contributed by atoms with Crippen molar-refractivity contribution in [1.82, 2.24) is 9.80 Å². The molecule has 0 bridgehead atoms. The molecule has 71 heavy (non-hydrogen) atoms. The lowest BCUT2D eigenvalue weighted by atomic mass is 9.86. The van der Waals surface area contributed by atoms with Gasteiger partial charge in [0.05, 0.1) is 32.3 Å². The molecule has 0 aliphatic rings. The molecule has 0 N–H and O–H groups in total. The van der Waals surface area contributed by atoms with E-state index in [1.165, 1.54) is 23.1 Å². The van der Waals surface area contributed by atoms with Crippen molar-refractivity contribution in [1.29, 1.82) is 0 Å². The van der Waals surface area contributed by atoms with Crippen molar-refractivity contribution in [2.24, 2.45) is 0 Å². The largest absolute Gasteiger partial charge is 0.416 e. The molecule has 0 atom stereocenters. The normalized spacial score (nSPS) is 12.3. The first-order chi connectivity index (χ1) is 32.9. The smallest absolute Gasteiger partial charge is 0.334 e. The zero-order chi connectivity index (χ0) is 52.7. The van der Waals surface area contributed by atoms with Crippen LogP contribution in [-0.4, -0.2) is 34.7 Å². The second-order valence-corrected chi connectivity index (χ2v) is 19.9. The fourth-order valence-corrected chi connectivity index (χ4v) is 7.78. The van der Waals surface area contributed by atoms with Gasteiger partial charge in [0.2, 0.25) is 0 Å². The van der Waals surface area contributed by atoms with Gasteiger partial charge in [-0.2, -0.15) is 39.5 Å². The van der Waals surface area contributed by atoms with Gasteiger partial charge in [-0.25, -0.2) is 4.39 Å². The van der Waals surface area contributed by atoms with Crippen LogP contribution in [0.15, 0.2) is 133 Å². The minimum absolute atomic E-state index is 0.00809. The van der Waals surface area contributed by atoms with Crippen LogP contribution in [-0.2, 0) is 55.3 Å². The van der Waals surface area contributed by atoms with Gasteiger partial charge in [-0.3, -0.25) is 9.59 Å². The number of carbonyl (C=O) groups is 2. The van der Waals surface area contributed by atoms with Gasteiger partial charge >= 0.3 is 18.5 Å². The number of alkyl halides is 9. The van der Waals surface area contributed by atoms with Crippen molar-refractivity contribution in [2.45, 2.75) is 96.8 Å². The molecule has 16 heteroatoms. The summed E-state index contributed by atoms with van der Waals surface area (Å²) in [6.45, 7) is 12.8. The highest BCUT2D eigenvalue weighted by molar-refractivity contribution is 6.43. The molecule has 6 aromatic rings. The fraction of sp³-hybridized carbons (Fsp3) is 0.309. The molecule has 378 valence electrons. The van der Waals surface area contributed by atoms with Crippen LogP contribution in [0.4, 0.5) is 43.9 Å². The Kier molecular flexibility index (Phi) is 17.9. The van der Waals surface area contributed by atoms with Crippen LogP contribution in [0.2, 0.25) is 10.0 Å². The molecule has 0 unspecified atom stereocenters. The summed E-state index contributed by atoms with van der Waals surface area (Å²) in [5.74, 6) is -2.42. The average Bonchev–Trinajstić information content (AvgIpc) is 3.28. The monoisotopic (exact) mass is 1030 g/mol. The highest BCUT2D eigenvalue weighted by Gasteiger charge is 2.34. The van der Waals surface area contributed by atoms with Crippen molar-refractivity contribution in [3.63, 3.8) is 0 Å². The highest BCUT2D eigenvalue weighted by Crippen LogP contribution is 2.34. The van der Waals surface area contributed by atoms with Crippen LogP contribution < -0.4 is 0 Å². The highest BCUT2D eigenvalue weighted by atomic mass is 35.5. The van der Waals surface area contributed by atoms with Crippen LogP contribution in [0, 0.1) is 5.82 Å². The number of nitrogens with zero attached hydrogens (tertiary/aromatic N) is 2. The molecule has 0 fully saturated rings. The van der Waals surface area contributed by atoms with Crippen LogP contribution in [0.1, 0.15) is 112 Å². The van der Waals surface area contributed by atoms with Gasteiger partial charge in [-0.05, 0) is 99.5 Å². The van der Waals surface area contributed by atoms with Crippen molar-refractivity contribution in [3.8, 4) is 0 Å². The van der Waals surface area contributed by atoms with E-state index in [1.54, 1.807) is 41.3 Å². The molecule has 6 rings (SSSR count). The number of hydrogen-bond acceptors (Lipinski definition) is 2. The third kappa shape index (κ3) is 16.1. The van der Waals surface area contributed by atoms with Gasteiger partial charge in [0.1, 0.15) is 5.82 Å². The summed E-state index contributed by atoms with van der Waals surface area (Å²) in [5.41, 5.74) is 1.31. The second kappa shape index (κ2) is 22.7. The molecule has 6 aromatic carbocycles. The molecule has 0 saturated heterocycles. The van der Waals surface area contributed by atoms with E-state index in [0.717, 1.165) is 47.0 Å². The van der Waals surface area contributed by atoms with Gasteiger partial charge in [0.15, 0.2) is 0 Å². The lowest BCUT2D eigenvalue weighted by Gasteiger charge is -2.25. The zero-order valence-corrected chi connectivity index (χ0v) is 41.2. The summed E-state index contributed by atoms with van der Waals surface area (Å²) in [4.78, 5) is 29.5. The first-order valence-corrected chi connectivity index (χ1v) is 23.1. The Hall–Kier alpha value is -5.86. The number of rotatable bonds is 12. The molecule has 0 radical (unpaired) electrons. The third-order valence-electron chi connectivity index (χ3n) is 11.5. The Morgan fingerprint density at radius 1 is 0.451 bits per heavy atom. The van der Waals surface area contributed by atoms with Gasteiger partial charge < -0.3 is 9.80 Å². The van der Waals surface area contributed by atoms with E-state index in [-0.39, 0.29) is 71.4 Å². The van der Waals surface area contributed by atoms with Gasteiger partial charge in [0.25, 0.3) is 11.8 Å². The van der Waals surface area contributed by atoms with Crippen LogP contribution in [0.25, 0.3) is 0 Å². The Morgan fingerprint density at radius 3 is 1.27 bits per heavy atom. The Morgan fingerprint density at radius 2 is 0.859 bits per heavy atom. The average molecular weight is 1030 g/mol. The zero-order valence-electron chi connectivity index (χ0n) is 39.7. The first-order valence-electron chi connectivity index (χ1n) is 22.3. The molecule has 0 aliphatic heterocycles. The minimum atomic E-state index is -4.86. The van der Waals surface area contributed by atoms with E-state index in [1.807, 2.05) is 57.2 Å². The van der Waals surface area contributed by atoms with Crippen LogP contribution >= 0.6 is 23.2 Å². The predicted octanol–water partition coefficient (Wildman–Crippen LogP) is 16.2. The van der Waals surface area contributed by atoms with E-state index in [2.05, 4.69) is 20.8 Å². The van der Waals surface area contributed by atoms with Crippen LogP contribution in [0.5, 0.6) is 0 Å². The number of hydrogen-bond donors (Lipinski definition) is 0. The first kappa shape index (κ1) is 56.1. The lowest BCUT2D eigenvalue weighted by molar-refractivity contribution is -0.138. The maximum atomic E-state index is 14.0. The van der Waals surface area contributed by atoms with Crippen molar-refractivity contribution < 1.29 is 53.5 Å². The molecule has 0 heterocycles. The van der Waals surface area contributed by atoms with Gasteiger partial charge in [0, 0.05) is 31.7 Å². The molecular weight excluding hydrogens is 982 g/mol. The second-order valence-electron chi connectivity index (χ2n) is 19.1. The standard InChI is InChI=1S/C28H26F7NO.C27H26Cl2F3NO/c1-26(2,3)21-9-7-19(8-10-21)17-36(12-11-18-5-4-6-22(13-18)27(30,31)32)25(37)20-14-23(28(33,34)35)16-24(29)15-20;1-26(2,3)20-12-10-19(11-13-20)17-33(25(34)22-8-5-9-23(28)24(22)29)15-14-18-6-4-7-21(16-18)27(30,31)32/h4-10,13-16H,11-12,17H2,1-3H3;4-13,16H,14-15,17H2,1-3H3. The molecule has 0 aliphatic carbocycles. The summed E-state index contributed by atoms with van der Waals surface area (Å²) < 4.78 is 132. The van der Waals surface area contributed by atoms with Gasteiger partial charge in [-0.15, -0.1) is 0 Å². The van der Waals surface area contributed by atoms with Gasteiger partial charge in [-0.1, -0.05) is 156 Å². The quantitative estimate of drug-likeness (QED) is 0.115. The Labute approximate surface area is 417 Å². The van der Waals surface area contributed by atoms with E-state index >= 15 is 0 Å². The van der Waals surface area contributed by atoms with Crippen molar-refractivity contribution in [3.05, 3.63) is 211 Å². The maximum absolute atomic E-state index is 14.0. The molecule has 0 aromatic heterocycles. The third-order valence-corrected chi connectivity index (χ3v) is 12.3. The summed E-state index contributed by atoms with van der Waals surface area (Å²) >= 11 is 12.4. The summed E-state index contributed by atoms with van der Waals surface area (Å²) in [5, 5.41) is 0.418. The number of benzene rings is 6. The summed E-state index contributed by atoms with van der Waals surface area (Å²) in [6.07, 6.45) is -13.6. The molecular formula is C55H52Cl2F10N2O2.